The van der Waals surface area contributed by atoms with Crippen LogP contribution in [0.3, 0.4) is 0 Å². The summed E-state index contributed by atoms with van der Waals surface area (Å²) in [7, 11) is 1.25. The minimum absolute atomic E-state index is 0.0842. The Hall–Kier alpha value is -10.5. The molecule has 0 aliphatic carbocycles. The molecule has 0 saturated heterocycles. The molecule has 26 nitrogen and oxygen atoms in total. The van der Waals surface area contributed by atoms with Crippen molar-refractivity contribution < 1.29 is 83.5 Å². The van der Waals surface area contributed by atoms with Gasteiger partial charge in [0.2, 0.25) is 47.1 Å². The van der Waals surface area contributed by atoms with Gasteiger partial charge in [0, 0.05) is 37.2 Å². The lowest BCUT2D eigenvalue weighted by atomic mass is 9.87. The molecule has 0 fully saturated rings. The summed E-state index contributed by atoms with van der Waals surface area (Å²) >= 11 is 13.9. The zero-order chi connectivity index (χ0) is 75.5. The summed E-state index contributed by atoms with van der Waals surface area (Å²) < 4.78 is 18.7. The number of fused-ring (bicyclic) bond motifs is 14. The molecular formula is C78H87Cl2N9O17. The summed E-state index contributed by atoms with van der Waals surface area (Å²) in [5.41, 5.74) is 5.08. The maximum Gasteiger partial charge on any atom is 0.248 e. The number of nitrogens with two attached hydrogens (primary N) is 1. The first kappa shape index (κ1) is 76.6. The van der Waals surface area contributed by atoms with E-state index in [0.717, 1.165) is 68.5 Å². The molecule has 13 rings (SSSR count). The number of nitrogens with one attached hydrogen (secondary N) is 8. The highest BCUT2D eigenvalue weighted by atomic mass is 35.5. The minimum atomic E-state index is -2.16. The predicted octanol–water partition coefficient (Wildman–Crippen LogP) is 11.0. The van der Waals surface area contributed by atoms with Crippen LogP contribution in [0.2, 0.25) is 10.0 Å². The van der Waals surface area contributed by atoms with E-state index in [0.29, 0.717) is 12.1 Å². The van der Waals surface area contributed by atoms with Gasteiger partial charge in [-0.25, -0.2) is 0 Å². The zero-order valence-electron chi connectivity index (χ0n) is 58.5. The van der Waals surface area contributed by atoms with Crippen molar-refractivity contribution in [1.82, 2.24) is 42.5 Å². The zero-order valence-corrected chi connectivity index (χ0v) is 60.0. The Morgan fingerprint density at radius 2 is 1.05 bits per heavy atom. The number of hydrogen-bond donors (Lipinski definition) is 16. The number of aliphatic hydroxyl groups is 1. The van der Waals surface area contributed by atoms with Crippen LogP contribution in [0.15, 0.2) is 109 Å². The molecule has 28 heteroatoms. The number of halogens is 2. The van der Waals surface area contributed by atoms with Crippen LogP contribution in [-0.4, -0.2) is 103 Å². The fourth-order valence-corrected chi connectivity index (χ4v) is 14.1. The second-order valence-corrected chi connectivity index (χ2v) is 27.9. The highest BCUT2D eigenvalue weighted by Gasteiger charge is 2.42. The number of phenolic OH excluding ortho intramolecular Hbond substituents is 6. The molecule has 7 aromatic rings. The van der Waals surface area contributed by atoms with Gasteiger partial charge in [0.25, 0.3) is 0 Å². The van der Waals surface area contributed by atoms with Crippen LogP contribution in [0, 0.1) is 0 Å². The number of aromatic hydroxyl groups is 6. The smallest absolute Gasteiger partial charge is 0.248 e. The summed E-state index contributed by atoms with van der Waals surface area (Å²) in [6, 6.07) is 8.81. The number of benzene rings is 7. The Morgan fingerprint density at radius 1 is 0.500 bits per heavy atom. The summed E-state index contributed by atoms with van der Waals surface area (Å²) in [6.07, 6.45) is 16.5. The molecule has 560 valence electrons. The third-order valence-corrected chi connectivity index (χ3v) is 20.1. The summed E-state index contributed by atoms with van der Waals surface area (Å²) in [5.74, 6) is -13.2. The van der Waals surface area contributed by atoms with Gasteiger partial charge in [-0.2, -0.15) is 0 Å². The molecule has 6 heterocycles. The van der Waals surface area contributed by atoms with Crippen molar-refractivity contribution in [2.45, 2.75) is 171 Å². The van der Waals surface area contributed by atoms with E-state index in [4.69, 9.17) is 43.1 Å². The topological polar surface area (TPSA) is 411 Å². The first-order chi connectivity index (χ1) is 51.0. The van der Waals surface area contributed by atoms with E-state index in [1.54, 1.807) is 0 Å². The van der Waals surface area contributed by atoms with Crippen molar-refractivity contribution in [2.75, 3.05) is 13.6 Å². The highest BCUT2D eigenvalue weighted by Crippen LogP contribution is 2.49. The highest BCUT2D eigenvalue weighted by molar-refractivity contribution is 6.32. The van der Waals surface area contributed by atoms with Crippen LogP contribution in [-0.2, 0) is 46.5 Å². The van der Waals surface area contributed by atoms with Crippen LogP contribution in [0.1, 0.15) is 190 Å². The Bertz CT molecular complexity index is 4480. The first-order valence-corrected chi connectivity index (χ1v) is 36.5. The van der Waals surface area contributed by atoms with E-state index < -0.39 is 136 Å². The Labute approximate surface area is 621 Å². The molecule has 6 aliphatic heterocycles. The van der Waals surface area contributed by atoms with Crippen LogP contribution >= 0.6 is 23.2 Å². The van der Waals surface area contributed by atoms with Gasteiger partial charge in [-0.3, -0.25) is 33.6 Å². The van der Waals surface area contributed by atoms with Crippen LogP contribution in [0.5, 0.6) is 69.0 Å². The molecule has 0 unspecified atom stereocenters. The van der Waals surface area contributed by atoms with E-state index in [9.17, 15) is 45.3 Å². The number of unbranched alkanes of at least 4 members (excludes halogenated alkanes) is 15. The monoisotopic (exact) mass is 1490 g/mol. The molecule has 7 aromatic carbocycles. The quantitative estimate of drug-likeness (QED) is 0.0315. The first-order valence-electron chi connectivity index (χ1n) is 35.7. The van der Waals surface area contributed by atoms with Crippen molar-refractivity contribution in [1.29, 1.82) is 0 Å². The summed E-state index contributed by atoms with van der Waals surface area (Å²) in [5, 5.41) is 105. The molecule has 0 radical (unpaired) electrons. The van der Waals surface area contributed by atoms with Crippen LogP contribution in [0.25, 0.3) is 11.1 Å². The number of carbonyl (C=O) groups excluding carboxylic acids is 7. The summed E-state index contributed by atoms with van der Waals surface area (Å²) in [6.45, 7) is 2.56. The third-order valence-electron chi connectivity index (χ3n) is 19.5. The van der Waals surface area contributed by atoms with Crippen molar-refractivity contribution in [3.63, 3.8) is 0 Å². The van der Waals surface area contributed by atoms with Gasteiger partial charge in [-0.1, -0.05) is 151 Å². The average molecular weight is 1490 g/mol. The fourth-order valence-electron chi connectivity index (χ4n) is 13.6. The van der Waals surface area contributed by atoms with E-state index in [1.165, 1.54) is 150 Å². The number of aliphatic hydroxyl groups excluding tert-OH is 1. The van der Waals surface area contributed by atoms with Crippen LogP contribution < -0.4 is 62.5 Å². The number of carbonyl (C=O) groups is 7. The summed E-state index contributed by atoms with van der Waals surface area (Å²) in [4.78, 5) is 106. The molecular weight excluding hydrogens is 1410 g/mol. The maximum absolute atomic E-state index is 16.1. The average Bonchev–Trinajstić information content (AvgIpc) is 0.756. The van der Waals surface area contributed by atoms with E-state index in [1.807, 2.05) is 0 Å². The molecule has 8 atom stereocenters. The van der Waals surface area contributed by atoms with Crippen molar-refractivity contribution in [3.05, 3.63) is 164 Å². The Kier molecular flexibility index (Phi) is 25.0. The van der Waals surface area contributed by atoms with Crippen molar-refractivity contribution in [3.8, 4) is 80.1 Å². The lowest BCUT2D eigenvalue weighted by Crippen LogP contribution is -2.55. The largest absolute Gasteiger partial charge is 0.508 e. The number of rotatable bonds is 20. The lowest BCUT2D eigenvalue weighted by Gasteiger charge is -2.31. The van der Waals surface area contributed by atoms with E-state index >= 15 is 24.0 Å². The number of ether oxygens (including phenoxy) is 3. The second-order valence-electron chi connectivity index (χ2n) is 27.1. The Morgan fingerprint density at radius 3 is 1.67 bits per heavy atom. The SMILES string of the molecule is CCCCCCCCCCCCCCCCCCNCc1c(O)cc2c(c1O)-c1cc(ccc1O)[C@H]1NC(=O)[C@@H]3NC(=O)[C@H]4NC(=O)[C@@H](Cc5ccc(c(Cl)c5)Oc5cc3cc(c5O)Oc3ccc(cc3Cl)[C@@H](O)[C@H](NC1=O)C(=O)N[C@@H]2C(=O)NC)NC(=O)[C@@H](N)c1ccc(O)c(c1)Oc1cc(O)cc4c1. The molecule has 0 aromatic heterocycles. The molecule has 106 heavy (non-hydrogen) atoms. The van der Waals surface area contributed by atoms with Gasteiger partial charge in [-0.15, -0.1) is 0 Å². The van der Waals surface area contributed by atoms with E-state index in [-0.39, 0.29) is 96.1 Å². The van der Waals surface area contributed by atoms with Gasteiger partial charge in [0.15, 0.2) is 23.0 Å². The van der Waals surface area contributed by atoms with E-state index in [2.05, 4.69) is 49.5 Å². The number of likely N-dealkylation sites (N-methyl/N-ethyl adjacent to an activating group) is 1. The second kappa shape index (κ2) is 34.6. The number of hydrogen-bond acceptors (Lipinski definition) is 19. The maximum atomic E-state index is 16.1. The van der Waals surface area contributed by atoms with Gasteiger partial charge in [0.1, 0.15) is 88.6 Å². The lowest BCUT2D eigenvalue weighted by molar-refractivity contribution is -0.137. The van der Waals surface area contributed by atoms with Gasteiger partial charge in [0.05, 0.1) is 15.6 Å². The number of amides is 7. The van der Waals surface area contributed by atoms with Crippen molar-refractivity contribution >= 4 is 64.6 Å². The normalized spacial score (nSPS) is 20.0. The standard InChI is InChI=1S/C78H87Cl2N9O17/c1-3-4-5-6-7-8-9-10-11-12-13-14-15-16-17-18-27-83-39-50-56(93)38-49-62(70(50)95)48-32-42(21-23-54(48)91)64-75(100)89-68(78(103)88-67(49)74(99)82-2)69(94)43-22-26-58(52(80)33-43)106-61-36-45-35-60(71(61)96)105-57-25-19-40(28-51(57)79)29-53-72(97)85-65(76(101)87-66(45)77(102)86-64)44-30-46(90)37-47(31-44)104-59-34-41(20-24-55(59)92)63(81)73(98)84-53/h19-26,28,30-38,53,63-69,83,90-96H,3-18,27,29,39,81H2,1-2H3,(H,82,99)(H,84,98)(H,85,97)(H,86,102)(H,87,101)(H,88,103)(H,89,100)/t53-,63+,64-,65+,66-,67+,68+,69-/m1/s1. The number of phenols is 6. The fraction of sp³-hybridized carbons (Fsp3) is 0.372. The molecule has 17 N–H and O–H groups in total. The molecule has 7 amide bonds. The molecule has 0 spiro atoms. The molecule has 17 bridgehead atoms. The van der Waals surface area contributed by atoms with Gasteiger partial charge >= 0.3 is 0 Å². The third kappa shape index (κ3) is 17.9. The van der Waals surface area contributed by atoms with Crippen LogP contribution in [0.4, 0.5) is 0 Å². The molecule has 6 aliphatic rings. The Balaban J connectivity index is 0.994. The predicted molar refractivity (Wildman–Crippen MR) is 393 cm³/mol. The minimum Gasteiger partial charge on any atom is -0.508 e. The van der Waals surface area contributed by atoms with Crippen molar-refractivity contribution in [2.24, 2.45) is 5.73 Å². The van der Waals surface area contributed by atoms with Gasteiger partial charge in [-0.05, 0) is 131 Å². The van der Waals surface area contributed by atoms with Gasteiger partial charge < -0.3 is 98.2 Å². The molecule has 0 saturated carbocycles.